The Morgan fingerprint density at radius 3 is 2.74 bits per heavy atom. The number of hydrogen-bond donors (Lipinski definition) is 2. The molecule has 2 N–H and O–H groups in total. The first-order valence-electron chi connectivity index (χ1n) is 7.81. The molecule has 0 saturated heterocycles. The highest BCUT2D eigenvalue weighted by molar-refractivity contribution is 7.12. The SMILES string of the molecule is Cc1ccc([C@@H]2C[C@@H]2C(=O)NCCCNC(=O)c2cccs2)s1. The number of thiophene rings is 2. The van der Waals surface area contributed by atoms with Gasteiger partial charge in [-0.25, -0.2) is 0 Å². The fourth-order valence-corrected chi connectivity index (χ4v) is 4.28. The molecule has 0 aliphatic heterocycles. The summed E-state index contributed by atoms with van der Waals surface area (Å²) in [4.78, 5) is 27.2. The van der Waals surface area contributed by atoms with Crippen molar-refractivity contribution in [2.75, 3.05) is 13.1 Å². The first-order valence-corrected chi connectivity index (χ1v) is 9.50. The average Bonchev–Trinajstić information content (AvgIpc) is 2.95. The molecule has 3 rings (SSSR count). The molecule has 1 saturated carbocycles. The van der Waals surface area contributed by atoms with Crippen molar-refractivity contribution in [3.05, 3.63) is 44.3 Å². The summed E-state index contributed by atoms with van der Waals surface area (Å²) in [6.07, 6.45) is 1.71. The molecule has 2 atom stereocenters. The van der Waals surface area contributed by atoms with Crippen LogP contribution < -0.4 is 10.6 Å². The highest BCUT2D eigenvalue weighted by Crippen LogP contribution is 2.49. The van der Waals surface area contributed by atoms with Crippen LogP contribution in [0.2, 0.25) is 0 Å². The second kappa shape index (κ2) is 7.27. The Morgan fingerprint density at radius 2 is 2.04 bits per heavy atom. The maximum atomic E-state index is 12.1. The van der Waals surface area contributed by atoms with Gasteiger partial charge in [-0.1, -0.05) is 6.07 Å². The van der Waals surface area contributed by atoms with E-state index in [0.717, 1.165) is 17.7 Å². The normalized spacial score (nSPS) is 19.3. The van der Waals surface area contributed by atoms with E-state index in [4.69, 9.17) is 0 Å². The van der Waals surface area contributed by atoms with E-state index in [0.29, 0.717) is 19.0 Å². The van der Waals surface area contributed by atoms with Crippen LogP contribution in [-0.4, -0.2) is 24.9 Å². The van der Waals surface area contributed by atoms with Gasteiger partial charge in [0.25, 0.3) is 5.91 Å². The monoisotopic (exact) mass is 348 g/mol. The lowest BCUT2D eigenvalue weighted by Crippen LogP contribution is -2.30. The van der Waals surface area contributed by atoms with Gasteiger partial charge < -0.3 is 10.6 Å². The number of hydrogen-bond acceptors (Lipinski definition) is 4. The lowest BCUT2D eigenvalue weighted by atomic mass is 10.2. The topological polar surface area (TPSA) is 58.2 Å². The van der Waals surface area contributed by atoms with Gasteiger partial charge in [0.05, 0.1) is 4.88 Å². The van der Waals surface area contributed by atoms with Crippen molar-refractivity contribution >= 4 is 34.5 Å². The predicted octanol–water partition coefficient (Wildman–Crippen LogP) is 3.16. The molecule has 1 aliphatic rings. The molecule has 0 radical (unpaired) electrons. The molecule has 1 aliphatic carbocycles. The standard InChI is InChI=1S/C17H20N2O2S2/c1-11-5-6-14(23-11)12-10-13(12)16(20)18-7-3-8-19-17(21)15-4-2-9-22-15/h2,4-6,9,12-13H,3,7-8,10H2,1H3,(H,18,20)(H,19,21)/t12-,13+/m1/s1. The van der Waals surface area contributed by atoms with Gasteiger partial charge in [-0.05, 0) is 43.3 Å². The van der Waals surface area contributed by atoms with Crippen LogP contribution in [0.5, 0.6) is 0 Å². The lowest BCUT2D eigenvalue weighted by molar-refractivity contribution is -0.122. The summed E-state index contributed by atoms with van der Waals surface area (Å²) < 4.78 is 0. The van der Waals surface area contributed by atoms with Crippen molar-refractivity contribution in [1.29, 1.82) is 0 Å². The lowest BCUT2D eigenvalue weighted by Gasteiger charge is -2.06. The van der Waals surface area contributed by atoms with E-state index in [1.807, 2.05) is 11.4 Å². The van der Waals surface area contributed by atoms with E-state index >= 15 is 0 Å². The molecule has 122 valence electrons. The molecular weight excluding hydrogens is 328 g/mol. The van der Waals surface area contributed by atoms with Crippen LogP contribution in [0.4, 0.5) is 0 Å². The Labute approximate surface area is 143 Å². The van der Waals surface area contributed by atoms with E-state index in [1.54, 1.807) is 17.4 Å². The zero-order valence-electron chi connectivity index (χ0n) is 13.0. The van der Waals surface area contributed by atoms with Gasteiger partial charge in [0.2, 0.25) is 5.91 Å². The van der Waals surface area contributed by atoms with Crippen LogP contribution in [0.25, 0.3) is 0 Å². The van der Waals surface area contributed by atoms with Crippen molar-refractivity contribution in [2.24, 2.45) is 5.92 Å². The van der Waals surface area contributed by atoms with Crippen molar-refractivity contribution in [1.82, 2.24) is 10.6 Å². The summed E-state index contributed by atoms with van der Waals surface area (Å²) in [7, 11) is 0. The van der Waals surface area contributed by atoms with E-state index in [2.05, 4.69) is 29.7 Å². The molecule has 2 aromatic heterocycles. The van der Waals surface area contributed by atoms with E-state index in [-0.39, 0.29) is 17.7 Å². The molecule has 0 bridgehead atoms. The molecule has 6 heteroatoms. The van der Waals surface area contributed by atoms with Crippen LogP contribution in [0.1, 0.15) is 38.2 Å². The summed E-state index contributed by atoms with van der Waals surface area (Å²) >= 11 is 3.22. The zero-order chi connectivity index (χ0) is 16.2. The summed E-state index contributed by atoms with van der Waals surface area (Å²) in [5, 5.41) is 7.72. The van der Waals surface area contributed by atoms with Gasteiger partial charge in [0.15, 0.2) is 0 Å². The molecule has 2 amide bonds. The Balaban J connectivity index is 1.31. The third-order valence-corrected chi connectivity index (χ3v) is 5.94. The Kier molecular flexibility index (Phi) is 5.13. The van der Waals surface area contributed by atoms with E-state index < -0.39 is 0 Å². The highest BCUT2D eigenvalue weighted by atomic mass is 32.1. The second-order valence-corrected chi connectivity index (χ2v) is 8.04. The van der Waals surface area contributed by atoms with Gasteiger partial charge in [-0.3, -0.25) is 9.59 Å². The smallest absolute Gasteiger partial charge is 0.261 e. The zero-order valence-corrected chi connectivity index (χ0v) is 14.6. The van der Waals surface area contributed by atoms with Gasteiger partial charge in [0, 0.05) is 34.7 Å². The van der Waals surface area contributed by atoms with E-state index in [9.17, 15) is 9.59 Å². The molecule has 2 heterocycles. The minimum absolute atomic E-state index is 0.0401. The molecule has 0 spiro atoms. The number of nitrogens with one attached hydrogen (secondary N) is 2. The summed E-state index contributed by atoms with van der Waals surface area (Å²) in [6, 6.07) is 7.92. The Morgan fingerprint density at radius 1 is 1.22 bits per heavy atom. The van der Waals surface area contributed by atoms with Gasteiger partial charge in [-0.15, -0.1) is 22.7 Å². The minimum atomic E-state index is -0.0401. The molecular formula is C17H20N2O2S2. The molecule has 1 fully saturated rings. The Hall–Kier alpha value is -1.66. The van der Waals surface area contributed by atoms with Crippen LogP contribution in [0.15, 0.2) is 29.6 Å². The summed E-state index contributed by atoms with van der Waals surface area (Å²) in [5.41, 5.74) is 0. The average molecular weight is 348 g/mol. The molecule has 0 unspecified atom stereocenters. The fraction of sp³-hybridized carbons (Fsp3) is 0.412. The van der Waals surface area contributed by atoms with Crippen LogP contribution in [-0.2, 0) is 4.79 Å². The van der Waals surface area contributed by atoms with Gasteiger partial charge >= 0.3 is 0 Å². The Bertz CT molecular complexity index is 679. The van der Waals surface area contributed by atoms with Crippen LogP contribution >= 0.6 is 22.7 Å². The third-order valence-electron chi connectivity index (χ3n) is 3.94. The van der Waals surface area contributed by atoms with Crippen LogP contribution in [0.3, 0.4) is 0 Å². The maximum absolute atomic E-state index is 12.1. The fourth-order valence-electron chi connectivity index (χ4n) is 2.58. The van der Waals surface area contributed by atoms with Crippen molar-refractivity contribution < 1.29 is 9.59 Å². The number of carbonyl (C=O) groups is 2. The largest absolute Gasteiger partial charge is 0.356 e. The first kappa shape index (κ1) is 16.2. The summed E-state index contributed by atoms with van der Waals surface area (Å²) in [5.74, 6) is 0.647. The summed E-state index contributed by atoms with van der Waals surface area (Å²) in [6.45, 7) is 3.28. The molecule has 0 aromatic carbocycles. The molecule has 2 aromatic rings. The number of aryl methyl sites for hydroxylation is 1. The number of carbonyl (C=O) groups excluding carboxylic acids is 2. The second-order valence-electron chi connectivity index (χ2n) is 5.77. The first-order chi connectivity index (χ1) is 11.1. The number of rotatable bonds is 7. The molecule has 23 heavy (non-hydrogen) atoms. The molecule has 4 nitrogen and oxygen atoms in total. The number of amides is 2. The minimum Gasteiger partial charge on any atom is -0.356 e. The van der Waals surface area contributed by atoms with Crippen molar-refractivity contribution in [2.45, 2.75) is 25.7 Å². The van der Waals surface area contributed by atoms with Crippen LogP contribution in [0, 0.1) is 12.8 Å². The van der Waals surface area contributed by atoms with E-state index in [1.165, 1.54) is 21.1 Å². The maximum Gasteiger partial charge on any atom is 0.261 e. The third kappa shape index (κ3) is 4.20. The highest BCUT2D eigenvalue weighted by Gasteiger charge is 2.44. The van der Waals surface area contributed by atoms with Gasteiger partial charge in [0.1, 0.15) is 0 Å². The van der Waals surface area contributed by atoms with Crippen molar-refractivity contribution in [3.63, 3.8) is 0 Å². The van der Waals surface area contributed by atoms with Crippen molar-refractivity contribution in [3.8, 4) is 0 Å². The predicted molar refractivity (Wildman–Crippen MR) is 94.2 cm³/mol. The quantitative estimate of drug-likeness (QED) is 0.755. The van der Waals surface area contributed by atoms with Gasteiger partial charge in [-0.2, -0.15) is 0 Å².